The molecule has 0 saturated carbocycles. The topological polar surface area (TPSA) is 27.0 Å². The molecular formula is C12H20N2. The standard InChI is InChI=1S/C12H20N2/c1-4-8-14-9-6-11(5-7-13)10-12(14,2)3/h4,11H,1,5-6,8-10H2,2-3H3. The maximum Gasteiger partial charge on any atom is 0.0624 e. The minimum Gasteiger partial charge on any atom is -0.295 e. The number of likely N-dealkylation sites (tertiary alicyclic amines) is 1. The molecular weight excluding hydrogens is 172 g/mol. The lowest BCUT2D eigenvalue weighted by molar-refractivity contribution is 0.0592. The fourth-order valence-corrected chi connectivity index (χ4v) is 2.38. The molecule has 1 saturated heterocycles. The fraction of sp³-hybridized carbons (Fsp3) is 0.750. The predicted molar refractivity (Wildman–Crippen MR) is 58.8 cm³/mol. The normalized spacial score (nSPS) is 26.8. The lowest BCUT2D eigenvalue weighted by Gasteiger charge is -2.45. The first-order chi connectivity index (χ1) is 6.60. The maximum atomic E-state index is 8.68. The van der Waals surface area contributed by atoms with Gasteiger partial charge in [0.05, 0.1) is 6.07 Å². The molecule has 0 N–H and O–H groups in total. The Balaban J connectivity index is 2.56. The molecule has 2 heteroatoms. The molecule has 0 spiro atoms. The van der Waals surface area contributed by atoms with Crippen LogP contribution >= 0.6 is 0 Å². The summed E-state index contributed by atoms with van der Waals surface area (Å²) in [5.41, 5.74) is 0.230. The minimum atomic E-state index is 0.230. The number of nitrogens with zero attached hydrogens (tertiary/aromatic N) is 2. The minimum absolute atomic E-state index is 0.230. The molecule has 0 aromatic rings. The van der Waals surface area contributed by atoms with Crippen molar-refractivity contribution in [2.75, 3.05) is 13.1 Å². The zero-order valence-corrected chi connectivity index (χ0v) is 9.29. The van der Waals surface area contributed by atoms with E-state index in [4.69, 9.17) is 5.26 Å². The van der Waals surface area contributed by atoms with Gasteiger partial charge in [0.1, 0.15) is 0 Å². The molecule has 1 unspecified atom stereocenters. The van der Waals surface area contributed by atoms with E-state index in [-0.39, 0.29) is 5.54 Å². The predicted octanol–water partition coefficient (Wildman–Crippen LogP) is 2.58. The van der Waals surface area contributed by atoms with Crippen molar-refractivity contribution in [2.45, 2.75) is 38.6 Å². The van der Waals surface area contributed by atoms with Gasteiger partial charge >= 0.3 is 0 Å². The van der Waals surface area contributed by atoms with E-state index < -0.39 is 0 Å². The lowest BCUT2D eigenvalue weighted by Crippen LogP contribution is -2.49. The third-order valence-electron chi connectivity index (χ3n) is 3.18. The van der Waals surface area contributed by atoms with E-state index >= 15 is 0 Å². The summed E-state index contributed by atoms with van der Waals surface area (Å²) in [6, 6.07) is 2.28. The van der Waals surface area contributed by atoms with Crippen LogP contribution in [0.15, 0.2) is 12.7 Å². The lowest BCUT2D eigenvalue weighted by atomic mass is 9.81. The Morgan fingerprint density at radius 1 is 1.64 bits per heavy atom. The second kappa shape index (κ2) is 4.61. The highest BCUT2D eigenvalue weighted by Gasteiger charge is 2.33. The average Bonchev–Trinajstić information content (AvgIpc) is 2.10. The summed E-state index contributed by atoms with van der Waals surface area (Å²) in [6.07, 6.45) is 4.97. The second-order valence-electron chi connectivity index (χ2n) is 4.77. The maximum absolute atomic E-state index is 8.68. The van der Waals surface area contributed by atoms with Crippen LogP contribution in [0.5, 0.6) is 0 Å². The van der Waals surface area contributed by atoms with E-state index in [1.54, 1.807) is 0 Å². The Bertz CT molecular complexity index is 237. The molecule has 1 atom stereocenters. The van der Waals surface area contributed by atoms with E-state index in [1.165, 1.54) is 0 Å². The highest BCUT2D eigenvalue weighted by molar-refractivity contribution is 4.94. The van der Waals surface area contributed by atoms with Crippen LogP contribution in [0.3, 0.4) is 0 Å². The van der Waals surface area contributed by atoms with Crippen LogP contribution < -0.4 is 0 Å². The second-order valence-corrected chi connectivity index (χ2v) is 4.77. The van der Waals surface area contributed by atoms with Crippen molar-refractivity contribution in [2.24, 2.45) is 5.92 Å². The summed E-state index contributed by atoms with van der Waals surface area (Å²) < 4.78 is 0. The third-order valence-corrected chi connectivity index (χ3v) is 3.18. The first-order valence-electron chi connectivity index (χ1n) is 5.33. The fourth-order valence-electron chi connectivity index (χ4n) is 2.38. The van der Waals surface area contributed by atoms with Crippen molar-refractivity contribution in [3.05, 3.63) is 12.7 Å². The number of nitriles is 1. The molecule has 78 valence electrons. The van der Waals surface area contributed by atoms with Gasteiger partial charge in [0.25, 0.3) is 0 Å². The molecule has 0 aromatic heterocycles. The van der Waals surface area contributed by atoms with E-state index in [1.807, 2.05) is 6.08 Å². The summed E-state index contributed by atoms with van der Waals surface area (Å²) in [5.74, 6) is 0.594. The van der Waals surface area contributed by atoms with Gasteiger partial charge < -0.3 is 0 Å². The SMILES string of the molecule is C=CCN1CCC(CC#N)CC1(C)C. The van der Waals surface area contributed by atoms with Gasteiger partial charge in [-0.3, -0.25) is 4.90 Å². The molecule has 1 rings (SSSR count). The molecule has 1 aliphatic rings. The van der Waals surface area contributed by atoms with Crippen molar-refractivity contribution in [1.82, 2.24) is 4.90 Å². The monoisotopic (exact) mass is 192 g/mol. The molecule has 0 amide bonds. The van der Waals surface area contributed by atoms with Gasteiger partial charge in [0.2, 0.25) is 0 Å². The van der Waals surface area contributed by atoms with Crippen LogP contribution in [-0.2, 0) is 0 Å². The molecule has 0 aromatic carbocycles. The Morgan fingerprint density at radius 3 is 2.86 bits per heavy atom. The summed E-state index contributed by atoms with van der Waals surface area (Å²) in [6.45, 7) is 10.4. The van der Waals surface area contributed by atoms with Gasteiger partial charge in [0.15, 0.2) is 0 Å². The Hall–Kier alpha value is -0.810. The van der Waals surface area contributed by atoms with Crippen LogP contribution in [-0.4, -0.2) is 23.5 Å². The first-order valence-corrected chi connectivity index (χ1v) is 5.33. The van der Waals surface area contributed by atoms with Crippen molar-refractivity contribution in [1.29, 1.82) is 5.26 Å². The average molecular weight is 192 g/mol. The van der Waals surface area contributed by atoms with E-state index in [0.717, 1.165) is 25.9 Å². The van der Waals surface area contributed by atoms with Gasteiger partial charge in [0, 0.05) is 18.5 Å². The van der Waals surface area contributed by atoms with Gasteiger partial charge in [-0.2, -0.15) is 5.26 Å². The van der Waals surface area contributed by atoms with Crippen molar-refractivity contribution < 1.29 is 0 Å². The first kappa shape index (κ1) is 11.3. The van der Waals surface area contributed by atoms with Gasteiger partial charge in [-0.25, -0.2) is 0 Å². The number of rotatable bonds is 3. The molecule has 14 heavy (non-hydrogen) atoms. The molecule has 0 bridgehead atoms. The number of hydrogen-bond donors (Lipinski definition) is 0. The Labute approximate surface area is 87.2 Å². The highest BCUT2D eigenvalue weighted by Crippen LogP contribution is 2.32. The quantitative estimate of drug-likeness (QED) is 0.643. The zero-order valence-electron chi connectivity index (χ0n) is 9.29. The molecule has 1 aliphatic heterocycles. The third kappa shape index (κ3) is 2.59. The summed E-state index contributed by atoms with van der Waals surface area (Å²) in [7, 11) is 0. The highest BCUT2D eigenvalue weighted by atomic mass is 15.2. The molecule has 2 nitrogen and oxygen atoms in total. The van der Waals surface area contributed by atoms with Crippen LogP contribution in [0.4, 0.5) is 0 Å². The summed E-state index contributed by atoms with van der Waals surface area (Å²) in [5, 5.41) is 8.68. The molecule has 0 aliphatic carbocycles. The van der Waals surface area contributed by atoms with E-state index in [2.05, 4.69) is 31.4 Å². The van der Waals surface area contributed by atoms with Crippen LogP contribution in [0.25, 0.3) is 0 Å². The molecule has 1 heterocycles. The van der Waals surface area contributed by atoms with Crippen LogP contribution in [0.1, 0.15) is 33.1 Å². The smallest absolute Gasteiger partial charge is 0.0624 e. The Morgan fingerprint density at radius 2 is 2.36 bits per heavy atom. The summed E-state index contributed by atoms with van der Waals surface area (Å²) >= 11 is 0. The zero-order chi connectivity index (χ0) is 10.6. The molecule has 1 fully saturated rings. The van der Waals surface area contributed by atoms with E-state index in [9.17, 15) is 0 Å². The van der Waals surface area contributed by atoms with Gasteiger partial charge in [-0.15, -0.1) is 6.58 Å². The van der Waals surface area contributed by atoms with Crippen molar-refractivity contribution in [3.63, 3.8) is 0 Å². The largest absolute Gasteiger partial charge is 0.295 e. The van der Waals surface area contributed by atoms with Crippen molar-refractivity contribution in [3.8, 4) is 6.07 Å². The molecule has 0 radical (unpaired) electrons. The van der Waals surface area contributed by atoms with Gasteiger partial charge in [-0.05, 0) is 39.2 Å². The Kier molecular flexibility index (Phi) is 3.71. The summed E-state index contributed by atoms with van der Waals surface area (Å²) in [4.78, 5) is 2.45. The number of hydrogen-bond acceptors (Lipinski definition) is 2. The van der Waals surface area contributed by atoms with E-state index in [0.29, 0.717) is 12.3 Å². The van der Waals surface area contributed by atoms with Crippen molar-refractivity contribution >= 4 is 0 Å². The van der Waals surface area contributed by atoms with Gasteiger partial charge in [-0.1, -0.05) is 6.08 Å². The van der Waals surface area contributed by atoms with Crippen LogP contribution in [0.2, 0.25) is 0 Å². The number of piperidine rings is 1. The van der Waals surface area contributed by atoms with Crippen LogP contribution in [0, 0.1) is 17.2 Å².